The maximum Gasteiger partial charge on any atom is 0.416 e. The average molecular weight is 349 g/mol. The molecule has 3 nitrogen and oxygen atoms in total. The van der Waals surface area contributed by atoms with E-state index in [9.17, 15) is 18.0 Å². The van der Waals surface area contributed by atoms with E-state index in [0.717, 1.165) is 37.5 Å². The predicted octanol–water partition coefficient (Wildman–Crippen LogP) is 5.31. The summed E-state index contributed by atoms with van der Waals surface area (Å²) in [6.45, 7) is 4.21. The van der Waals surface area contributed by atoms with Gasteiger partial charge in [0.15, 0.2) is 0 Å². The molecule has 23 heavy (non-hydrogen) atoms. The van der Waals surface area contributed by atoms with Crippen molar-refractivity contribution in [3.63, 3.8) is 0 Å². The SMILES string of the molecule is C[C@H]1[C@H](C)CCC[C@H]1NC(=O)Nc1cc(C(F)(F)F)ccc1Cl. The summed E-state index contributed by atoms with van der Waals surface area (Å²) in [5.74, 6) is 0.831. The first-order chi connectivity index (χ1) is 10.7. The molecule has 1 aliphatic rings. The largest absolute Gasteiger partial charge is 0.416 e. The number of hydrogen-bond donors (Lipinski definition) is 2. The van der Waals surface area contributed by atoms with Crippen LogP contribution < -0.4 is 10.6 Å². The monoisotopic (exact) mass is 348 g/mol. The normalized spacial score (nSPS) is 25.0. The Morgan fingerprint density at radius 1 is 1.26 bits per heavy atom. The summed E-state index contributed by atoms with van der Waals surface area (Å²) < 4.78 is 38.2. The summed E-state index contributed by atoms with van der Waals surface area (Å²) >= 11 is 5.88. The lowest BCUT2D eigenvalue weighted by atomic mass is 9.78. The molecule has 2 rings (SSSR count). The zero-order chi connectivity index (χ0) is 17.2. The van der Waals surface area contributed by atoms with Gasteiger partial charge in [0.2, 0.25) is 0 Å². The molecule has 7 heteroatoms. The van der Waals surface area contributed by atoms with Gasteiger partial charge in [0.1, 0.15) is 0 Å². The van der Waals surface area contributed by atoms with Gasteiger partial charge in [0, 0.05) is 6.04 Å². The van der Waals surface area contributed by atoms with Crippen LogP contribution >= 0.6 is 11.6 Å². The highest BCUT2D eigenvalue weighted by Gasteiger charge is 2.31. The second-order valence-corrected chi connectivity index (χ2v) is 6.57. The predicted molar refractivity (Wildman–Crippen MR) is 84.6 cm³/mol. The maximum absolute atomic E-state index is 12.7. The van der Waals surface area contributed by atoms with Crippen molar-refractivity contribution in [2.45, 2.75) is 45.3 Å². The number of benzene rings is 1. The molecule has 1 fully saturated rings. The zero-order valence-corrected chi connectivity index (χ0v) is 13.8. The standard InChI is InChI=1S/C16H20ClF3N2O/c1-9-4-3-5-13(10(9)2)21-15(23)22-14-8-11(16(18,19)20)6-7-12(14)17/h6-10,13H,3-5H2,1-2H3,(H2,21,22,23)/t9-,10+,13-/m1/s1. The van der Waals surface area contributed by atoms with Crippen molar-refractivity contribution in [2.24, 2.45) is 11.8 Å². The number of amides is 2. The van der Waals surface area contributed by atoms with Gasteiger partial charge in [-0.2, -0.15) is 13.2 Å². The van der Waals surface area contributed by atoms with Gasteiger partial charge >= 0.3 is 12.2 Å². The Morgan fingerprint density at radius 3 is 2.61 bits per heavy atom. The van der Waals surface area contributed by atoms with E-state index < -0.39 is 17.8 Å². The van der Waals surface area contributed by atoms with E-state index in [1.807, 2.05) is 0 Å². The number of rotatable bonds is 2. The number of hydrogen-bond acceptors (Lipinski definition) is 1. The molecule has 0 aromatic heterocycles. The number of anilines is 1. The first-order valence-electron chi connectivity index (χ1n) is 7.62. The molecular formula is C16H20ClF3N2O. The molecule has 1 aromatic rings. The number of carbonyl (C=O) groups excluding carboxylic acids is 1. The van der Waals surface area contributed by atoms with Crippen LogP contribution in [0.2, 0.25) is 5.02 Å². The third-order valence-electron chi connectivity index (χ3n) is 4.57. The third kappa shape index (κ3) is 4.53. The van der Waals surface area contributed by atoms with Crippen LogP contribution in [0.1, 0.15) is 38.7 Å². The highest BCUT2D eigenvalue weighted by Crippen LogP contribution is 2.34. The Bertz CT molecular complexity index is 577. The highest BCUT2D eigenvalue weighted by molar-refractivity contribution is 6.33. The Hall–Kier alpha value is -1.43. The first kappa shape index (κ1) is 17.9. The van der Waals surface area contributed by atoms with Crippen LogP contribution in [0.15, 0.2) is 18.2 Å². The van der Waals surface area contributed by atoms with Gasteiger partial charge in [-0.05, 0) is 36.5 Å². The molecule has 1 aliphatic carbocycles. The zero-order valence-electron chi connectivity index (χ0n) is 13.0. The van der Waals surface area contributed by atoms with Crippen molar-refractivity contribution in [3.05, 3.63) is 28.8 Å². The third-order valence-corrected chi connectivity index (χ3v) is 4.89. The molecule has 1 saturated carbocycles. The molecule has 128 valence electrons. The maximum atomic E-state index is 12.7. The number of alkyl halides is 3. The fraction of sp³-hybridized carbons (Fsp3) is 0.562. The molecule has 2 N–H and O–H groups in total. The minimum Gasteiger partial charge on any atom is -0.335 e. The Kier molecular flexibility index (Phi) is 5.45. The quantitative estimate of drug-likeness (QED) is 0.747. The summed E-state index contributed by atoms with van der Waals surface area (Å²) in [6, 6.07) is 2.34. The van der Waals surface area contributed by atoms with Crippen LogP contribution in [0.4, 0.5) is 23.7 Å². The number of nitrogens with one attached hydrogen (secondary N) is 2. The van der Waals surface area contributed by atoms with E-state index in [1.54, 1.807) is 0 Å². The summed E-state index contributed by atoms with van der Waals surface area (Å²) in [6.07, 6.45) is -1.46. The lowest BCUT2D eigenvalue weighted by Gasteiger charge is -2.34. The summed E-state index contributed by atoms with van der Waals surface area (Å²) in [7, 11) is 0. The van der Waals surface area contributed by atoms with Crippen LogP contribution in [0.5, 0.6) is 0 Å². The molecule has 0 bridgehead atoms. The molecule has 3 atom stereocenters. The van der Waals surface area contributed by atoms with E-state index in [1.165, 1.54) is 0 Å². The molecule has 2 amide bonds. The Morgan fingerprint density at radius 2 is 1.96 bits per heavy atom. The average Bonchev–Trinajstić information content (AvgIpc) is 2.45. The summed E-state index contributed by atoms with van der Waals surface area (Å²) in [4.78, 5) is 12.1. The topological polar surface area (TPSA) is 41.1 Å². The van der Waals surface area contributed by atoms with Crippen molar-refractivity contribution in [3.8, 4) is 0 Å². The van der Waals surface area contributed by atoms with Crippen LogP contribution in [0.3, 0.4) is 0 Å². The molecule has 0 saturated heterocycles. The van der Waals surface area contributed by atoms with E-state index in [-0.39, 0.29) is 16.8 Å². The number of carbonyl (C=O) groups is 1. The van der Waals surface area contributed by atoms with Crippen LogP contribution in [0.25, 0.3) is 0 Å². The number of halogens is 4. The smallest absolute Gasteiger partial charge is 0.335 e. The van der Waals surface area contributed by atoms with E-state index >= 15 is 0 Å². The van der Waals surface area contributed by atoms with Crippen molar-refractivity contribution in [2.75, 3.05) is 5.32 Å². The lowest BCUT2D eigenvalue weighted by molar-refractivity contribution is -0.137. The molecule has 0 spiro atoms. The Balaban J connectivity index is 2.05. The lowest BCUT2D eigenvalue weighted by Crippen LogP contribution is -2.45. The van der Waals surface area contributed by atoms with Gasteiger partial charge in [-0.15, -0.1) is 0 Å². The number of urea groups is 1. The summed E-state index contributed by atoms with van der Waals surface area (Å²) in [5.41, 5.74) is -0.896. The van der Waals surface area contributed by atoms with Crippen molar-refractivity contribution >= 4 is 23.3 Å². The van der Waals surface area contributed by atoms with Gasteiger partial charge in [-0.1, -0.05) is 38.3 Å². The molecule has 0 radical (unpaired) electrons. The Labute approximate surface area is 138 Å². The fourth-order valence-corrected chi connectivity index (χ4v) is 3.07. The van der Waals surface area contributed by atoms with Crippen molar-refractivity contribution < 1.29 is 18.0 Å². The van der Waals surface area contributed by atoms with Gasteiger partial charge in [-0.25, -0.2) is 4.79 Å². The van der Waals surface area contributed by atoms with Gasteiger partial charge in [-0.3, -0.25) is 0 Å². The highest BCUT2D eigenvalue weighted by atomic mass is 35.5. The van der Waals surface area contributed by atoms with Gasteiger partial charge < -0.3 is 10.6 Å². The minimum atomic E-state index is -4.48. The van der Waals surface area contributed by atoms with Crippen molar-refractivity contribution in [1.29, 1.82) is 0 Å². The molecular weight excluding hydrogens is 329 g/mol. The molecule has 0 heterocycles. The van der Waals surface area contributed by atoms with E-state index in [2.05, 4.69) is 24.5 Å². The second kappa shape index (κ2) is 6.99. The van der Waals surface area contributed by atoms with E-state index in [0.29, 0.717) is 11.8 Å². The van der Waals surface area contributed by atoms with E-state index in [4.69, 9.17) is 11.6 Å². The second-order valence-electron chi connectivity index (χ2n) is 6.16. The van der Waals surface area contributed by atoms with Gasteiger partial charge in [0.05, 0.1) is 16.3 Å². The van der Waals surface area contributed by atoms with Crippen molar-refractivity contribution in [1.82, 2.24) is 5.32 Å². The summed E-state index contributed by atoms with van der Waals surface area (Å²) in [5, 5.41) is 5.33. The fourth-order valence-electron chi connectivity index (χ4n) is 2.91. The van der Waals surface area contributed by atoms with Gasteiger partial charge in [0.25, 0.3) is 0 Å². The molecule has 0 aliphatic heterocycles. The minimum absolute atomic E-state index is 0.0170. The first-order valence-corrected chi connectivity index (χ1v) is 8.00. The van der Waals surface area contributed by atoms with Crippen LogP contribution in [0, 0.1) is 11.8 Å². The molecule has 0 unspecified atom stereocenters. The molecule has 1 aromatic carbocycles. The van der Waals surface area contributed by atoms with Crippen LogP contribution in [-0.4, -0.2) is 12.1 Å². The van der Waals surface area contributed by atoms with Crippen LogP contribution in [-0.2, 0) is 6.18 Å².